The van der Waals surface area contributed by atoms with Gasteiger partial charge in [0, 0.05) is 10.9 Å². The van der Waals surface area contributed by atoms with Gasteiger partial charge in [-0.15, -0.1) is 5.10 Å². The van der Waals surface area contributed by atoms with Crippen LogP contribution in [0.4, 0.5) is 0 Å². The zero-order chi connectivity index (χ0) is 15.5. The lowest BCUT2D eigenvalue weighted by molar-refractivity contribution is 0.0901. The summed E-state index contributed by atoms with van der Waals surface area (Å²) in [6, 6.07) is 7.86. The number of hydrogen-bond donors (Lipinski definition) is 2. The Morgan fingerprint density at radius 2 is 2.00 bits per heavy atom. The van der Waals surface area contributed by atoms with Crippen molar-refractivity contribution in [2.24, 2.45) is 0 Å². The van der Waals surface area contributed by atoms with E-state index in [1.54, 1.807) is 0 Å². The summed E-state index contributed by atoms with van der Waals surface area (Å²) < 4.78 is 1.01. The maximum Gasteiger partial charge on any atom is 0.291 e. The number of carbonyl (C=O) groups excluding carboxylic acids is 1. The summed E-state index contributed by atoms with van der Waals surface area (Å²) in [5, 5.41) is 9.73. The molecule has 1 aromatic heterocycles. The number of aryl methyl sites for hydroxylation is 1. The van der Waals surface area contributed by atoms with Crippen molar-refractivity contribution >= 4 is 21.8 Å². The molecule has 2 rings (SSSR count). The van der Waals surface area contributed by atoms with Gasteiger partial charge in [0.2, 0.25) is 5.82 Å². The number of amides is 1. The van der Waals surface area contributed by atoms with Crippen LogP contribution in [0.1, 0.15) is 49.2 Å². The van der Waals surface area contributed by atoms with Crippen LogP contribution in [0.15, 0.2) is 28.7 Å². The number of aromatic amines is 1. The molecule has 0 unspecified atom stereocenters. The fourth-order valence-electron chi connectivity index (χ4n) is 2.02. The second kappa shape index (κ2) is 6.39. The van der Waals surface area contributed by atoms with Gasteiger partial charge < -0.3 is 5.32 Å². The lowest BCUT2D eigenvalue weighted by atomic mass is 9.94. The van der Waals surface area contributed by atoms with Gasteiger partial charge >= 0.3 is 0 Å². The van der Waals surface area contributed by atoms with Crippen LogP contribution in [0.5, 0.6) is 0 Å². The lowest BCUT2D eigenvalue weighted by Gasteiger charge is -2.26. The molecule has 0 fully saturated rings. The summed E-state index contributed by atoms with van der Waals surface area (Å²) in [5.41, 5.74) is 0.520. The molecular formula is C15H19BrN4O. The van der Waals surface area contributed by atoms with Crippen LogP contribution in [0.25, 0.3) is 0 Å². The number of aromatic nitrogens is 3. The highest BCUT2D eigenvalue weighted by Gasteiger charge is 2.25. The topological polar surface area (TPSA) is 70.7 Å². The number of benzene rings is 1. The molecule has 0 aliphatic heterocycles. The van der Waals surface area contributed by atoms with Crippen LogP contribution in [-0.4, -0.2) is 21.1 Å². The Morgan fingerprint density at radius 1 is 1.33 bits per heavy atom. The summed E-state index contributed by atoms with van der Waals surface area (Å²) >= 11 is 3.41. The molecule has 21 heavy (non-hydrogen) atoms. The zero-order valence-corrected chi connectivity index (χ0v) is 14.0. The summed E-state index contributed by atoms with van der Waals surface area (Å²) in [6.45, 7) is 5.96. The molecule has 0 aliphatic carbocycles. The maximum absolute atomic E-state index is 12.3. The molecule has 0 saturated heterocycles. The molecule has 0 spiro atoms. The first-order chi connectivity index (χ1) is 9.92. The minimum absolute atomic E-state index is 0.184. The van der Waals surface area contributed by atoms with Crippen LogP contribution in [0.3, 0.4) is 0 Å². The summed E-state index contributed by atoms with van der Waals surface area (Å²) in [7, 11) is 0. The summed E-state index contributed by atoms with van der Waals surface area (Å²) in [5.74, 6) is 0.647. The van der Waals surface area contributed by atoms with Gasteiger partial charge in [-0.2, -0.15) is 0 Å². The number of hydrogen-bond acceptors (Lipinski definition) is 3. The minimum Gasteiger partial charge on any atom is -0.340 e. The van der Waals surface area contributed by atoms with E-state index in [4.69, 9.17) is 0 Å². The van der Waals surface area contributed by atoms with E-state index in [-0.39, 0.29) is 11.7 Å². The largest absolute Gasteiger partial charge is 0.340 e. The van der Waals surface area contributed by atoms with Crippen molar-refractivity contribution < 1.29 is 4.79 Å². The molecule has 5 nitrogen and oxygen atoms in total. The molecule has 0 aliphatic rings. The number of nitrogens with one attached hydrogen (secondary N) is 2. The van der Waals surface area contributed by atoms with Crippen molar-refractivity contribution in [1.29, 1.82) is 0 Å². The highest BCUT2D eigenvalue weighted by atomic mass is 79.9. The quantitative estimate of drug-likeness (QED) is 0.869. The van der Waals surface area contributed by atoms with Crippen molar-refractivity contribution in [3.8, 4) is 0 Å². The Morgan fingerprint density at radius 3 is 2.62 bits per heavy atom. The van der Waals surface area contributed by atoms with Crippen molar-refractivity contribution in [3.63, 3.8) is 0 Å². The molecule has 0 atom stereocenters. The van der Waals surface area contributed by atoms with Crippen molar-refractivity contribution in [1.82, 2.24) is 20.5 Å². The number of carbonyl (C=O) groups is 1. The van der Waals surface area contributed by atoms with E-state index in [0.29, 0.717) is 0 Å². The average molecular weight is 351 g/mol. The van der Waals surface area contributed by atoms with Crippen LogP contribution in [0, 0.1) is 0 Å². The Kier molecular flexibility index (Phi) is 4.77. The molecule has 1 heterocycles. The van der Waals surface area contributed by atoms with Gasteiger partial charge in [-0.25, -0.2) is 4.98 Å². The van der Waals surface area contributed by atoms with Gasteiger partial charge in [-0.05, 0) is 38.0 Å². The van der Waals surface area contributed by atoms with Crippen molar-refractivity contribution in [2.45, 2.75) is 39.2 Å². The minimum atomic E-state index is -0.497. The molecule has 112 valence electrons. The lowest BCUT2D eigenvalue weighted by Crippen LogP contribution is -2.41. The normalized spacial score (nSPS) is 11.4. The number of nitrogens with zero attached hydrogens (tertiary/aromatic N) is 2. The molecule has 2 aromatic rings. The fourth-order valence-corrected chi connectivity index (χ4v) is 2.29. The first-order valence-electron chi connectivity index (χ1n) is 6.92. The molecule has 0 saturated carbocycles. The van der Waals surface area contributed by atoms with Crippen LogP contribution in [0.2, 0.25) is 0 Å². The first kappa shape index (κ1) is 15.7. The van der Waals surface area contributed by atoms with Crippen LogP contribution in [-0.2, 0) is 12.0 Å². The Bertz CT molecular complexity index is 619. The Hall–Kier alpha value is -1.69. The molecule has 0 radical (unpaired) electrons. The average Bonchev–Trinajstić information content (AvgIpc) is 2.88. The van der Waals surface area contributed by atoms with E-state index in [2.05, 4.69) is 43.4 Å². The molecule has 2 N–H and O–H groups in total. The van der Waals surface area contributed by atoms with Gasteiger partial charge in [-0.3, -0.25) is 9.89 Å². The monoisotopic (exact) mass is 350 g/mol. The highest BCUT2D eigenvalue weighted by molar-refractivity contribution is 9.10. The van der Waals surface area contributed by atoms with Crippen LogP contribution >= 0.6 is 15.9 Å². The van der Waals surface area contributed by atoms with E-state index in [0.717, 1.165) is 28.7 Å². The Balaban J connectivity index is 2.11. The van der Waals surface area contributed by atoms with Gasteiger partial charge in [-0.1, -0.05) is 35.0 Å². The highest BCUT2D eigenvalue weighted by Crippen LogP contribution is 2.22. The third kappa shape index (κ3) is 3.91. The molecule has 1 aromatic carbocycles. The summed E-state index contributed by atoms with van der Waals surface area (Å²) in [4.78, 5) is 16.5. The SMILES string of the molecule is CCCc1nc(C(=O)NC(C)(C)c2ccc(Br)cc2)n[nH]1. The van der Waals surface area contributed by atoms with E-state index in [1.165, 1.54) is 0 Å². The zero-order valence-electron chi connectivity index (χ0n) is 12.4. The predicted octanol–water partition coefficient (Wildman–Crippen LogP) is 3.18. The van der Waals surface area contributed by atoms with Gasteiger partial charge in [0.25, 0.3) is 5.91 Å². The van der Waals surface area contributed by atoms with Crippen molar-refractivity contribution in [3.05, 3.63) is 46.0 Å². The van der Waals surface area contributed by atoms with Gasteiger partial charge in [0.05, 0.1) is 5.54 Å². The fraction of sp³-hybridized carbons (Fsp3) is 0.400. The first-order valence-corrected chi connectivity index (χ1v) is 7.71. The number of halogens is 1. The molecule has 0 bridgehead atoms. The third-order valence-electron chi connectivity index (χ3n) is 3.21. The maximum atomic E-state index is 12.3. The second-order valence-electron chi connectivity index (χ2n) is 5.44. The standard InChI is InChI=1S/C15H19BrN4O/c1-4-5-12-17-13(20-19-12)14(21)18-15(2,3)10-6-8-11(16)9-7-10/h6-9H,4-5H2,1-3H3,(H,18,21)(H,17,19,20). The summed E-state index contributed by atoms with van der Waals surface area (Å²) in [6.07, 6.45) is 1.75. The van der Waals surface area contributed by atoms with E-state index >= 15 is 0 Å². The molecular weight excluding hydrogens is 332 g/mol. The third-order valence-corrected chi connectivity index (χ3v) is 3.74. The Labute approximate surface area is 132 Å². The van der Waals surface area contributed by atoms with Crippen molar-refractivity contribution in [2.75, 3.05) is 0 Å². The predicted molar refractivity (Wildman–Crippen MR) is 85.0 cm³/mol. The second-order valence-corrected chi connectivity index (χ2v) is 6.36. The van der Waals surface area contributed by atoms with Gasteiger partial charge in [0.15, 0.2) is 0 Å². The van der Waals surface area contributed by atoms with Gasteiger partial charge in [0.1, 0.15) is 5.82 Å². The number of H-pyrrole nitrogens is 1. The smallest absolute Gasteiger partial charge is 0.291 e. The van der Waals surface area contributed by atoms with E-state index < -0.39 is 5.54 Å². The number of rotatable bonds is 5. The van der Waals surface area contributed by atoms with E-state index in [1.807, 2.05) is 38.1 Å². The molecule has 6 heteroatoms. The van der Waals surface area contributed by atoms with E-state index in [9.17, 15) is 4.79 Å². The van der Waals surface area contributed by atoms with Crippen LogP contribution < -0.4 is 5.32 Å². The molecule has 1 amide bonds.